The molecule has 1 atom stereocenters. The number of hydrogen-bond acceptors (Lipinski definition) is 4. The monoisotopic (exact) mass is 421 g/mol. The molecule has 2 N–H and O–H groups in total. The van der Waals surface area contributed by atoms with Crippen LogP contribution in [0.5, 0.6) is 0 Å². The summed E-state index contributed by atoms with van der Waals surface area (Å²) in [5.74, 6) is 1.25. The molecule has 1 unspecified atom stereocenters. The zero-order chi connectivity index (χ0) is 22.1. The summed E-state index contributed by atoms with van der Waals surface area (Å²) in [6.07, 6.45) is 9.71. The highest BCUT2D eigenvalue weighted by molar-refractivity contribution is 5.66. The van der Waals surface area contributed by atoms with Crippen molar-refractivity contribution in [2.24, 2.45) is 5.92 Å². The third-order valence-corrected chi connectivity index (χ3v) is 5.72. The molecule has 31 heavy (non-hydrogen) atoms. The van der Waals surface area contributed by atoms with E-state index >= 15 is 0 Å². The van der Waals surface area contributed by atoms with Crippen LogP contribution in [0.1, 0.15) is 45.6 Å². The van der Waals surface area contributed by atoms with E-state index in [1.165, 1.54) is 25.0 Å². The lowest BCUT2D eigenvalue weighted by atomic mass is 9.95. The molecule has 2 aromatic heterocycles. The summed E-state index contributed by atoms with van der Waals surface area (Å²) in [4.78, 5) is 4.11. The number of pyridine rings is 1. The summed E-state index contributed by atoms with van der Waals surface area (Å²) in [5, 5.41) is 11.6. The zero-order valence-corrected chi connectivity index (χ0v) is 18.4. The number of nitrogens with zero attached hydrogens (tertiary/aromatic N) is 3. The van der Waals surface area contributed by atoms with Crippen molar-refractivity contribution in [3.63, 3.8) is 0 Å². The summed E-state index contributed by atoms with van der Waals surface area (Å²) in [7, 11) is 0. The van der Waals surface area contributed by atoms with E-state index in [-0.39, 0.29) is 11.9 Å². The predicted octanol–water partition coefficient (Wildman–Crippen LogP) is 6.32. The van der Waals surface area contributed by atoms with E-state index < -0.39 is 0 Å². The van der Waals surface area contributed by atoms with E-state index in [0.717, 1.165) is 36.5 Å². The molecule has 6 heteroatoms. The van der Waals surface area contributed by atoms with Crippen molar-refractivity contribution in [3.05, 3.63) is 73.5 Å². The molecule has 0 spiro atoms. The zero-order valence-electron chi connectivity index (χ0n) is 18.4. The SMILES string of the molecule is C=CNCC(CCC(CC)CC)n1nc(-c2ccncc2)cc1Nc1cccc(F)c1. The third-order valence-electron chi connectivity index (χ3n) is 5.72. The second-order valence-electron chi connectivity index (χ2n) is 7.76. The number of aromatic nitrogens is 3. The summed E-state index contributed by atoms with van der Waals surface area (Å²) in [6.45, 7) is 9.02. The van der Waals surface area contributed by atoms with Gasteiger partial charge in [-0.25, -0.2) is 9.07 Å². The first-order valence-corrected chi connectivity index (χ1v) is 11.0. The molecule has 0 amide bonds. The Morgan fingerprint density at radius 2 is 1.87 bits per heavy atom. The molecule has 0 saturated carbocycles. The second-order valence-corrected chi connectivity index (χ2v) is 7.76. The molecular formula is C25H32FN5. The molecule has 0 saturated heterocycles. The molecule has 0 fully saturated rings. The van der Waals surface area contributed by atoms with Gasteiger partial charge in [-0.3, -0.25) is 4.98 Å². The second kappa shape index (κ2) is 11.3. The largest absolute Gasteiger partial charge is 0.389 e. The smallest absolute Gasteiger partial charge is 0.129 e. The molecule has 0 aliphatic carbocycles. The fourth-order valence-electron chi connectivity index (χ4n) is 3.80. The molecule has 3 aromatic rings. The fourth-order valence-corrected chi connectivity index (χ4v) is 3.80. The van der Waals surface area contributed by atoms with Crippen LogP contribution in [0, 0.1) is 11.7 Å². The first-order valence-electron chi connectivity index (χ1n) is 11.0. The van der Waals surface area contributed by atoms with E-state index in [9.17, 15) is 4.39 Å². The molecule has 5 nitrogen and oxygen atoms in total. The van der Waals surface area contributed by atoms with Crippen molar-refractivity contribution in [2.45, 2.75) is 45.6 Å². The Morgan fingerprint density at radius 3 is 2.55 bits per heavy atom. The lowest BCUT2D eigenvalue weighted by molar-refractivity contribution is 0.353. The summed E-state index contributed by atoms with van der Waals surface area (Å²) in [5.41, 5.74) is 2.54. The normalized spacial score (nSPS) is 12.0. The van der Waals surface area contributed by atoms with Crippen molar-refractivity contribution in [1.82, 2.24) is 20.1 Å². The standard InChI is InChI=1S/C25H32FN5/c1-4-19(5-2)10-11-23(18-27-6-3)31-25(29-22-9-7-8-21(26)16-22)17-24(30-31)20-12-14-28-15-13-20/h6-9,12-17,19,23,27,29H,3-5,10-11,18H2,1-2H3. The average Bonchev–Trinajstić information content (AvgIpc) is 3.20. The summed E-state index contributed by atoms with van der Waals surface area (Å²) >= 11 is 0. The van der Waals surface area contributed by atoms with Gasteiger partial charge in [0.15, 0.2) is 0 Å². The number of halogens is 1. The molecule has 0 bridgehead atoms. The van der Waals surface area contributed by atoms with Gasteiger partial charge in [0.1, 0.15) is 11.6 Å². The van der Waals surface area contributed by atoms with Crippen LogP contribution in [0.3, 0.4) is 0 Å². The summed E-state index contributed by atoms with van der Waals surface area (Å²) in [6, 6.07) is 12.5. The molecule has 0 radical (unpaired) electrons. The Kier molecular flexibility index (Phi) is 8.21. The fraction of sp³-hybridized carbons (Fsp3) is 0.360. The van der Waals surface area contributed by atoms with E-state index in [2.05, 4.69) is 36.0 Å². The maximum absolute atomic E-state index is 13.8. The van der Waals surface area contributed by atoms with Crippen LogP contribution < -0.4 is 10.6 Å². The van der Waals surface area contributed by atoms with Gasteiger partial charge in [0, 0.05) is 36.3 Å². The first kappa shape index (κ1) is 22.5. The molecule has 2 heterocycles. The number of anilines is 2. The Hall–Kier alpha value is -3.15. The number of hydrogen-bond donors (Lipinski definition) is 2. The quantitative estimate of drug-likeness (QED) is 0.359. The maximum Gasteiger partial charge on any atom is 0.129 e. The van der Waals surface area contributed by atoms with Crippen molar-refractivity contribution in [1.29, 1.82) is 0 Å². The Labute approximate surface area is 184 Å². The molecule has 164 valence electrons. The van der Waals surface area contributed by atoms with E-state index in [4.69, 9.17) is 5.10 Å². The molecule has 1 aromatic carbocycles. The van der Waals surface area contributed by atoms with Gasteiger partial charge in [0.05, 0.1) is 11.7 Å². The molecule has 0 aliphatic rings. The van der Waals surface area contributed by atoms with Gasteiger partial charge in [-0.2, -0.15) is 5.10 Å². The number of rotatable bonds is 12. The van der Waals surface area contributed by atoms with Gasteiger partial charge >= 0.3 is 0 Å². The minimum absolute atomic E-state index is 0.130. The minimum atomic E-state index is -0.274. The lowest BCUT2D eigenvalue weighted by Gasteiger charge is -2.23. The highest BCUT2D eigenvalue weighted by atomic mass is 19.1. The van der Waals surface area contributed by atoms with Gasteiger partial charge in [-0.15, -0.1) is 0 Å². The van der Waals surface area contributed by atoms with Crippen molar-refractivity contribution < 1.29 is 4.39 Å². The highest BCUT2D eigenvalue weighted by Gasteiger charge is 2.20. The van der Waals surface area contributed by atoms with E-state index in [1.807, 2.05) is 28.9 Å². The van der Waals surface area contributed by atoms with E-state index in [1.54, 1.807) is 24.7 Å². The van der Waals surface area contributed by atoms with Crippen LogP contribution in [0.2, 0.25) is 0 Å². The van der Waals surface area contributed by atoms with E-state index in [0.29, 0.717) is 11.6 Å². The topological polar surface area (TPSA) is 54.8 Å². The molecule has 0 aliphatic heterocycles. The number of benzene rings is 1. The Bertz CT molecular complexity index is 950. The van der Waals surface area contributed by atoms with Gasteiger partial charge in [0.2, 0.25) is 0 Å². The lowest BCUT2D eigenvalue weighted by Crippen LogP contribution is -2.24. The Balaban J connectivity index is 1.96. The average molecular weight is 422 g/mol. The molecule has 3 rings (SSSR count). The van der Waals surface area contributed by atoms with Gasteiger partial charge in [-0.1, -0.05) is 39.3 Å². The van der Waals surface area contributed by atoms with Crippen LogP contribution in [-0.4, -0.2) is 21.3 Å². The third kappa shape index (κ3) is 6.17. The van der Waals surface area contributed by atoms with Crippen molar-refractivity contribution >= 4 is 11.5 Å². The van der Waals surface area contributed by atoms with Gasteiger partial charge in [0.25, 0.3) is 0 Å². The van der Waals surface area contributed by atoms with Gasteiger partial charge < -0.3 is 10.6 Å². The van der Waals surface area contributed by atoms with Crippen LogP contribution in [0.25, 0.3) is 11.3 Å². The van der Waals surface area contributed by atoms with Crippen molar-refractivity contribution in [3.8, 4) is 11.3 Å². The minimum Gasteiger partial charge on any atom is -0.389 e. The predicted molar refractivity (Wildman–Crippen MR) is 126 cm³/mol. The molecular weight excluding hydrogens is 389 g/mol. The van der Waals surface area contributed by atoms with Gasteiger partial charge in [-0.05, 0) is 55.3 Å². The van der Waals surface area contributed by atoms with Crippen LogP contribution in [0.4, 0.5) is 15.9 Å². The first-order chi connectivity index (χ1) is 15.1. The Morgan fingerprint density at radius 1 is 1.10 bits per heavy atom. The van der Waals surface area contributed by atoms with Crippen LogP contribution in [0.15, 0.2) is 67.6 Å². The van der Waals surface area contributed by atoms with Crippen molar-refractivity contribution in [2.75, 3.05) is 11.9 Å². The van der Waals surface area contributed by atoms with Crippen LogP contribution >= 0.6 is 0 Å². The maximum atomic E-state index is 13.8. The highest BCUT2D eigenvalue weighted by Crippen LogP contribution is 2.30. The number of nitrogens with one attached hydrogen (secondary N) is 2. The summed E-state index contributed by atoms with van der Waals surface area (Å²) < 4.78 is 15.8. The van der Waals surface area contributed by atoms with Crippen LogP contribution in [-0.2, 0) is 0 Å².